The van der Waals surface area contributed by atoms with Crippen LogP contribution in [0.4, 0.5) is 0 Å². The smallest absolute Gasteiger partial charge is 0.181 e. The fraction of sp³-hybridized carbons (Fsp3) is 1.00. The number of hydrogen-bond donors (Lipinski definition) is 1. The summed E-state index contributed by atoms with van der Waals surface area (Å²) in [6.07, 6.45) is 1.30. The molecule has 1 saturated heterocycles. The molecule has 0 aromatic rings. The summed E-state index contributed by atoms with van der Waals surface area (Å²) in [4.78, 5) is 0. The fourth-order valence-corrected chi connectivity index (χ4v) is 1.97. The van der Waals surface area contributed by atoms with Crippen molar-refractivity contribution >= 4 is 0 Å². The molecule has 13 heavy (non-hydrogen) atoms. The Bertz CT molecular complexity index is 149. The Hall–Kier alpha value is -0.120. The number of hydrogen-bond acceptors (Lipinski definition) is 3. The van der Waals surface area contributed by atoms with Crippen molar-refractivity contribution in [1.29, 1.82) is 0 Å². The minimum atomic E-state index is -0.742. The van der Waals surface area contributed by atoms with Crippen molar-refractivity contribution in [3.63, 3.8) is 0 Å². The zero-order chi connectivity index (χ0) is 9.84. The molecule has 0 aliphatic carbocycles. The first kappa shape index (κ1) is 11.0. The lowest BCUT2D eigenvalue weighted by molar-refractivity contribution is -0.243. The number of ether oxygens (including phenoxy) is 2. The number of aliphatic hydroxyl groups is 1. The molecule has 1 N–H and O–H groups in total. The molecule has 0 spiro atoms. The quantitative estimate of drug-likeness (QED) is 0.730. The number of rotatable bonds is 3. The summed E-state index contributed by atoms with van der Waals surface area (Å²) in [7, 11) is 0. The molecule has 1 rings (SSSR count). The van der Waals surface area contributed by atoms with Crippen LogP contribution in [-0.4, -0.2) is 30.2 Å². The van der Waals surface area contributed by atoms with Gasteiger partial charge in [-0.25, -0.2) is 0 Å². The van der Waals surface area contributed by atoms with Crippen molar-refractivity contribution in [2.24, 2.45) is 5.92 Å². The minimum Gasteiger partial charge on any atom is -0.373 e. The third-order valence-corrected chi connectivity index (χ3v) is 2.64. The molecule has 0 aromatic carbocycles. The fourth-order valence-electron chi connectivity index (χ4n) is 1.97. The van der Waals surface area contributed by atoms with E-state index in [9.17, 15) is 5.11 Å². The molecule has 78 valence electrons. The average Bonchev–Trinajstić information content (AvgIpc) is 2.09. The Balaban J connectivity index is 2.55. The highest BCUT2D eigenvalue weighted by Crippen LogP contribution is 2.28. The Morgan fingerprint density at radius 2 is 2.15 bits per heavy atom. The van der Waals surface area contributed by atoms with E-state index in [2.05, 4.69) is 6.92 Å². The summed E-state index contributed by atoms with van der Waals surface area (Å²) >= 11 is 0. The first-order valence-corrected chi connectivity index (χ1v) is 5.14. The Kier molecular flexibility index (Phi) is 4.16. The second-order valence-corrected chi connectivity index (χ2v) is 3.66. The highest BCUT2D eigenvalue weighted by molar-refractivity contribution is 4.79. The van der Waals surface area contributed by atoms with Gasteiger partial charge in [-0.3, -0.25) is 0 Å². The van der Waals surface area contributed by atoms with Crippen LogP contribution in [0, 0.1) is 5.92 Å². The minimum absolute atomic E-state index is 0.133. The molecule has 3 nitrogen and oxygen atoms in total. The summed E-state index contributed by atoms with van der Waals surface area (Å²) in [5.41, 5.74) is 0. The molecule has 0 saturated carbocycles. The van der Waals surface area contributed by atoms with Gasteiger partial charge in [-0.1, -0.05) is 13.3 Å². The standard InChI is InChI=1S/C10H20O3/c1-4-8-6-7(3)13-10(11)9(8)12-5-2/h7-11H,4-6H2,1-3H3/t7?,8-,9?,10?/m0/s1. The molecule has 1 aliphatic heterocycles. The summed E-state index contributed by atoms with van der Waals surface area (Å²) in [5, 5.41) is 9.62. The number of aliphatic hydroxyl groups excluding tert-OH is 1. The average molecular weight is 188 g/mol. The maximum absolute atomic E-state index is 9.62. The van der Waals surface area contributed by atoms with Crippen molar-refractivity contribution in [2.45, 2.75) is 52.1 Å². The van der Waals surface area contributed by atoms with Gasteiger partial charge in [-0.15, -0.1) is 0 Å². The van der Waals surface area contributed by atoms with Gasteiger partial charge in [0.25, 0.3) is 0 Å². The Morgan fingerprint density at radius 1 is 1.46 bits per heavy atom. The molecule has 0 bridgehead atoms. The summed E-state index contributed by atoms with van der Waals surface area (Å²) in [6, 6.07) is 0. The topological polar surface area (TPSA) is 38.7 Å². The van der Waals surface area contributed by atoms with Crippen LogP contribution in [-0.2, 0) is 9.47 Å². The second kappa shape index (κ2) is 4.94. The lowest BCUT2D eigenvalue weighted by Crippen LogP contribution is -2.45. The van der Waals surface area contributed by atoms with Crippen LogP contribution < -0.4 is 0 Å². The van der Waals surface area contributed by atoms with Crippen LogP contribution in [0.25, 0.3) is 0 Å². The van der Waals surface area contributed by atoms with E-state index in [1.807, 2.05) is 13.8 Å². The van der Waals surface area contributed by atoms with Crippen molar-refractivity contribution in [3.8, 4) is 0 Å². The van der Waals surface area contributed by atoms with Crippen molar-refractivity contribution in [3.05, 3.63) is 0 Å². The van der Waals surface area contributed by atoms with Gasteiger partial charge in [0.15, 0.2) is 6.29 Å². The first-order valence-electron chi connectivity index (χ1n) is 5.14. The second-order valence-electron chi connectivity index (χ2n) is 3.66. The van der Waals surface area contributed by atoms with Crippen molar-refractivity contribution < 1.29 is 14.6 Å². The molecule has 1 aliphatic rings. The van der Waals surface area contributed by atoms with Gasteiger partial charge in [0.1, 0.15) is 6.10 Å². The molecular formula is C10H20O3. The lowest BCUT2D eigenvalue weighted by atomic mass is 9.90. The highest BCUT2D eigenvalue weighted by Gasteiger charge is 2.35. The zero-order valence-corrected chi connectivity index (χ0v) is 8.69. The van der Waals surface area contributed by atoms with E-state index in [1.54, 1.807) is 0 Å². The molecular weight excluding hydrogens is 168 g/mol. The van der Waals surface area contributed by atoms with Crippen molar-refractivity contribution in [2.75, 3.05) is 6.61 Å². The van der Waals surface area contributed by atoms with Gasteiger partial charge in [-0.2, -0.15) is 0 Å². The van der Waals surface area contributed by atoms with E-state index >= 15 is 0 Å². The zero-order valence-electron chi connectivity index (χ0n) is 8.69. The lowest BCUT2D eigenvalue weighted by Gasteiger charge is -2.37. The normalized spacial score (nSPS) is 40.6. The molecule has 0 amide bonds. The van der Waals surface area contributed by atoms with Crippen LogP contribution in [0.3, 0.4) is 0 Å². The van der Waals surface area contributed by atoms with E-state index < -0.39 is 6.29 Å². The first-order chi connectivity index (χ1) is 6.19. The summed E-state index contributed by atoms with van der Waals surface area (Å²) in [6.45, 7) is 6.70. The van der Waals surface area contributed by atoms with Crippen LogP contribution >= 0.6 is 0 Å². The van der Waals surface area contributed by atoms with Gasteiger partial charge >= 0.3 is 0 Å². The summed E-state index contributed by atoms with van der Waals surface area (Å²) < 4.78 is 10.8. The SMILES string of the molecule is CCOC1C(O)OC(C)C[C@@H]1CC. The predicted octanol–water partition coefficient (Wildman–Crippen LogP) is 1.54. The molecule has 1 fully saturated rings. The largest absolute Gasteiger partial charge is 0.373 e. The molecule has 3 unspecified atom stereocenters. The van der Waals surface area contributed by atoms with Crippen LogP contribution in [0.1, 0.15) is 33.6 Å². The highest BCUT2D eigenvalue weighted by atomic mass is 16.6. The van der Waals surface area contributed by atoms with Crippen LogP contribution in [0.15, 0.2) is 0 Å². The molecule has 4 atom stereocenters. The molecule has 0 radical (unpaired) electrons. The maximum Gasteiger partial charge on any atom is 0.181 e. The monoisotopic (exact) mass is 188 g/mol. The van der Waals surface area contributed by atoms with E-state index in [4.69, 9.17) is 9.47 Å². The van der Waals surface area contributed by atoms with Gasteiger partial charge in [0.05, 0.1) is 6.10 Å². The third kappa shape index (κ3) is 2.66. The van der Waals surface area contributed by atoms with Crippen LogP contribution in [0.2, 0.25) is 0 Å². The molecule has 3 heteroatoms. The summed E-state index contributed by atoms with van der Waals surface area (Å²) in [5.74, 6) is 0.429. The Morgan fingerprint density at radius 3 is 2.69 bits per heavy atom. The van der Waals surface area contributed by atoms with E-state index in [0.717, 1.165) is 12.8 Å². The molecule has 0 aromatic heterocycles. The Labute approximate surface area is 80.0 Å². The van der Waals surface area contributed by atoms with Crippen molar-refractivity contribution in [1.82, 2.24) is 0 Å². The molecule has 1 heterocycles. The van der Waals surface area contributed by atoms with E-state index in [-0.39, 0.29) is 12.2 Å². The van der Waals surface area contributed by atoms with Crippen LogP contribution in [0.5, 0.6) is 0 Å². The van der Waals surface area contributed by atoms with Gasteiger partial charge in [-0.05, 0) is 26.2 Å². The van der Waals surface area contributed by atoms with Gasteiger partial charge in [0, 0.05) is 6.61 Å². The van der Waals surface area contributed by atoms with Gasteiger partial charge in [0.2, 0.25) is 0 Å². The maximum atomic E-state index is 9.62. The van der Waals surface area contributed by atoms with Gasteiger partial charge < -0.3 is 14.6 Å². The van der Waals surface area contributed by atoms with E-state index in [1.165, 1.54) is 0 Å². The van der Waals surface area contributed by atoms with E-state index in [0.29, 0.717) is 12.5 Å². The third-order valence-electron chi connectivity index (χ3n) is 2.64. The predicted molar refractivity (Wildman–Crippen MR) is 50.4 cm³/mol.